The number of nitrogens with zero attached hydrogens (tertiary/aromatic N) is 2. The van der Waals surface area contributed by atoms with Crippen molar-refractivity contribution in [2.45, 2.75) is 37.4 Å². The fraction of sp³-hybridized carbons (Fsp3) is 0.538. The average molecular weight is 328 g/mol. The summed E-state index contributed by atoms with van der Waals surface area (Å²) >= 11 is 1.37. The first-order valence-electron chi connectivity index (χ1n) is 6.70. The number of aryl methyl sites for hydroxylation is 1. The molecule has 112 valence electrons. The Morgan fingerprint density at radius 2 is 2.05 bits per heavy atom. The summed E-state index contributed by atoms with van der Waals surface area (Å²) in [6.45, 7) is -0.203. The molecule has 8 heteroatoms. The van der Waals surface area contributed by atoms with Gasteiger partial charge in [0.15, 0.2) is 0 Å². The van der Waals surface area contributed by atoms with Crippen LogP contribution in [0.3, 0.4) is 0 Å². The Morgan fingerprint density at radius 1 is 1.33 bits per heavy atom. The van der Waals surface area contributed by atoms with Crippen LogP contribution in [0.15, 0.2) is 0 Å². The number of carbonyl (C=O) groups is 1. The molecule has 1 unspecified atom stereocenters. The van der Waals surface area contributed by atoms with Crippen molar-refractivity contribution in [3.8, 4) is 6.07 Å². The first-order chi connectivity index (χ1) is 9.91. The monoisotopic (exact) mass is 328 g/mol. The van der Waals surface area contributed by atoms with E-state index in [1.54, 1.807) is 0 Å². The van der Waals surface area contributed by atoms with E-state index in [2.05, 4.69) is 6.07 Å². The first kappa shape index (κ1) is 14.5. The first-order valence-corrected chi connectivity index (χ1v) is 8.96. The van der Waals surface area contributed by atoms with Gasteiger partial charge >= 0.3 is 10.2 Å². The number of halogens is 1. The Morgan fingerprint density at radius 3 is 2.67 bits per heavy atom. The minimum absolute atomic E-state index is 0.203. The predicted molar refractivity (Wildman–Crippen MR) is 76.5 cm³/mol. The predicted octanol–water partition coefficient (Wildman–Crippen LogP) is 1.90. The maximum Gasteiger partial charge on any atom is 0.307 e. The Kier molecular flexibility index (Phi) is 3.50. The van der Waals surface area contributed by atoms with Gasteiger partial charge in [-0.1, -0.05) is 0 Å². The van der Waals surface area contributed by atoms with Crippen molar-refractivity contribution in [1.29, 1.82) is 5.26 Å². The van der Waals surface area contributed by atoms with Crippen molar-refractivity contribution in [2.75, 3.05) is 11.4 Å². The maximum atomic E-state index is 13.1. The van der Waals surface area contributed by atoms with Gasteiger partial charge in [0.2, 0.25) is 5.91 Å². The van der Waals surface area contributed by atoms with Crippen molar-refractivity contribution in [1.82, 2.24) is 0 Å². The molecule has 1 aromatic rings. The van der Waals surface area contributed by atoms with Crippen LogP contribution in [-0.2, 0) is 27.9 Å². The Bertz CT molecular complexity index is 748. The minimum Gasteiger partial charge on any atom is -0.301 e. The Balaban J connectivity index is 2.00. The molecule has 1 aliphatic carbocycles. The van der Waals surface area contributed by atoms with Gasteiger partial charge in [0, 0.05) is 17.8 Å². The molecule has 1 atom stereocenters. The van der Waals surface area contributed by atoms with Gasteiger partial charge in [-0.05, 0) is 31.2 Å². The molecule has 2 aliphatic rings. The molecule has 1 fully saturated rings. The molecule has 0 saturated carbocycles. The zero-order chi connectivity index (χ0) is 15.2. The lowest BCUT2D eigenvalue weighted by Gasteiger charge is -2.14. The van der Waals surface area contributed by atoms with E-state index in [1.165, 1.54) is 16.2 Å². The lowest BCUT2D eigenvalue weighted by atomic mass is 9.96. The number of anilines is 1. The van der Waals surface area contributed by atoms with Crippen molar-refractivity contribution in [3.63, 3.8) is 0 Å². The van der Waals surface area contributed by atoms with Crippen LogP contribution < -0.4 is 4.90 Å². The van der Waals surface area contributed by atoms with Crippen LogP contribution in [0.2, 0.25) is 0 Å². The number of rotatable bonds is 2. The summed E-state index contributed by atoms with van der Waals surface area (Å²) in [5.74, 6) is -0.434. The van der Waals surface area contributed by atoms with Gasteiger partial charge in [0.1, 0.15) is 16.3 Å². The third-order valence-corrected chi connectivity index (χ3v) is 6.42. The number of fused-ring (bicyclic) bond motifs is 1. The molecule has 5 nitrogen and oxygen atoms in total. The second-order valence-corrected chi connectivity index (χ2v) is 8.01. The second kappa shape index (κ2) is 5.07. The quantitative estimate of drug-likeness (QED) is 0.777. The summed E-state index contributed by atoms with van der Waals surface area (Å²) < 4.78 is 35.1. The molecular formula is C13H13FN2O3S2. The van der Waals surface area contributed by atoms with E-state index < -0.39 is 21.4 Å². The lowest BCUT2D eigenvalue weighted by Crippen LogP contribution is -2.26. The van der Waals surface area contributed by atoms with Gasteiger partial charge in [-0.3, -0.25) is 4.79 Å². The molecule has 3 rings (SSSR count). The van der Waals surface area contributed by atoms with Crippen LogP contribution in [-0.4, -0.2) is 26.1 Å². The molecule has 0 N–H and O–H groups in total. The van der Waals surface area contributed by atoms with Crippen LogP contribution in [0, 0.1) is 11.3 Å². The van der Waals surface area contributed by atoms with Gasteiger partial charge < -0.3 is 4.90 Å². The highest BCUT2D eigenvalue weighted by Gasteiger charge is 2.41. The highest BCUT2D eigenvalue weighted by atomic mass is 32.3. The van der Waals surface area contributed by atoms with Crippen LogP contribution in [0.25, 0.3) is 0 Å². The van der Waals surface area contributed by atoms with Crippen LogP contribution in [0.5, 0.6) is 0 Å². The molecule has 2 heterocycles. The second-order valence-electron chi connectivity index (χ2n) is 5.31. The molecule has 0 aromatic carbocycles. The number of thiophene rings is 1. The van der Waals surface area contributed by atoms with Crippen molar-refractivity contribution >= 4 is 32.5 Å². The fourth-order valence-corrected chi connectivity index (χ4v) is 4.95. The highest BCUT2D eigenvalue weighted by Crippen LogP contribution is 2.41. The summed E-state index contributed by atoms with van der Waals surface area (Å²) in [5, 5.41) is 8.53. The average Bonchev–Trinajstić information content (AvgIpc) is 2.98. The number of amides is 1. The maximum absolute atomic E-state index is 13.1. The molecule has 1 aliphatic heterocycles. The number of carbonyl (C=O) groups excluding carboxylic acids is 1. The SMILES string of the molecule is N#Cc1c(N2CC(S(=O)(=O)F)CC2=O)sc2c1CCCC2. The smallest absolute Gasteiger partial charge is 0.301 e. The van der Waals surface area contributed by atoms with Gasteiger partial charge in [0.25, 0.3) is 0 Å². The zero-order valence-electron chi connectivity index (χ0n) is 11.1. The highest BCUT2D eigenvalue weighted by molar-refractivity contribution is 7.87. The third-order valence-electron chi connectivity index (χ3n) is 4.00. The normalized spacial score (nSPS) is 22.2. The van der Waals surface area contributed by atoms with Crippen molar-refractivity contribution in [3.05, 3.63) is 16.0 Å². The van der Waals surface area contributed by atoms with E-state index in [0.717, 1.165) is 36.1 Å². The summed E-state index contributed by atoms with van der Waals surface area (Å²) in [6, 6.07) is 2.13. The Hall–Kier alpha value is -1.46. The van der Waals surface area contributed by atoms with E-state index in [0.29, 0.717) is 10.6 Å². The largest absolute Gasteiger partial charge is 0.307 e. The molecule has 0 bridgehead atoms. The summed E-state index contributed by atoms with van der Waals surface area (Å²) in [7, 11) is -4.74. The van der Waals surface area contributed by atoms with E-state index in [4.69, 9.17) is 0 Å². The van der Waals surface area contributed by atoms with E-state index in [9.17, 15) is 22.4 Å². The van der Waals surface area contributed by atoms with Gasteiger partial charge in [0.05, 0.1) is 5.56 Å². The minimum atomic E-state index is -4.74. The van der Waals surface area contributed by atoms with Gasteiger partial charge in [-0.15, -0.1) is 15.2 Å². The molecule has 1 aromatic heterocycles. The number of hydrogen-bond donors (Lipinski definition) is 0. The number of hydrogen-bond acceptors (Lipinski definition) is 5. The summed E-state index contributed by atoms with van der Waals surface area (Å²) in [6.07, 6.45) is 3.38. The van der Waals surface area contributed by atoms with E-state index in [1.807, 2.05) is 0 Å². The van der Waals surface area contributed by atoms with Crippen molar-refractivity contribution in [2.24, 2.45) is 0 Å². The van der Waals surface area contributed by atoms with Crippen LogP contribution in [0.4, 0.5) is 8.89 Å². The molecule has 0 radical (unpaired) electrons. The van der Waals surface area contributed by atoms with Gasteiger partial charge in [-0.25, -0.2) is 0 Å². The van der Waals surface area contributed by atoms with Crippen LogP contribution >= 0.6 is 11.3 Å². The zero-order valence-corrected chi connectivity index (χ0v) is 12.8. The number of nitriles is 1. The van der Waals surface area contributed by atoms with Crippen molar-refractivity contribution < 1.29 is 17.1 Å². The molecular weight excluding hydrogens is 315 g/mol. The summed E-state index contributed by atoms with van der Waals surface area (Å²) in [4.78, 5) is 14.4. The molecule has 21 heavy (non-hydrogen) atoms. The molecule has 0 spiro atoms. The Labute approximate surface area is 126 Å². The fourth-order valence-electron chi connectivity index (χ4n) is 2.92. The lowest BCUT2D eigenvalue weighted by molar-refractivity contribution is -0.117. The standard InChI is InChI=1S/C13H13FN2O3S2/c14-21(18,19)8-5-12(17)16(7-8)13-10(6-15)9-3-1-2-4-11(9)20-13/h8H,1-5,7H2. The van der Waals surface area contributed by atoms with E-state index in [-0.39, 0.29) is 13.0 Å². The summed E-state index contributed by atoms with van der Waals surface area (Å²) in [5.41, 5.74) is 1.43. The van der Waals surface area contributed by atoms with E-state index >= 15 is 0 Å². The molecule has 1 amide bonds. The third kappa shape index (κ3) is 2.45. The molecule has 1 saturated heterocycles. The topological polar surface area (TPSA) is 78.2 Å². The van der Waals surface area contributed by atoms with Gasteiger partial charge in [-0.2, -0.15) is 13.7 Å². The van der Waals surface area contributed by atoms with Crippen LogP contribution in [0.1, 0.15) is 35.3 Å².